The van der Waals surface area contributed by atoms with E-state index in [9.17, 15) is 4.79 Å². The highest BCUT2D eigenvalue weighted by atomic mass is 35.5. The van der Waals surface area contributed by atoms with Crippen molar-refractivity contribution in [1.29, 1.82) is 0 Å². The van der Waals surface area contributed by atoms with Crippen LogP contribution in [0.2, 0.25) is 10.0 Å². The van der Waals surface area contributed by atoms with Crippen LogP contribution in [0, 0.1) is 0 Å². The Morgan fingerprint density at radius 3 is 1.91 bits per heavy atom. The topological polar surface area (TPSA) is 59.9 Å². The maximum atomic E-state index is 12.4. The van der Waals surface area contributed by atoms with Crippen molar-refractivity contribution in [1.82, 2.24) is 5.43 Å². The summed E-state index contributed by atoms with van der Waals surface area (Å²) in [6.07, 6.45) is 1.57. The van der Waals surface area contributed by atoms with Crippen molar-refractivity contribution < 1.29 is 14.3 Å². The van der Waals surface area contributed by atoms with E-state index in [0.717, 1.165) is 16.7 Å². The number of nitrogens with one attached hydrogen (secondary N) is 1. The molecule has 0 bridgehead atoms. The smallest absolute Gasteiger partial charge is 0.271 e. The molecule has 0 aliphatic rings. The monoisotopic (exact) mass is 504 g/mol. The third-order valence-corrected chi connectivity index (χ3v) is 5.50. The Hall–Kier alpha value is -3.80. The van der Waals surface area contributed by atoms with E-state index in [-0.39, 0.29) is 5.91 Å². The lowest BCUT2D eigenvalue weighted by molar-refractivity contribution is 0.0955. The minimum absolute atomic E-state index is 0.319. The van der Waals surface area contributed by atoms with Gasteiger partial charge in [0.2, 0.25) is 0 Å². The Kier molecular flexibility index (Phi) is 8.39. The van der Waals surface area contributed by atoms with Crippen molar-refractivity contribution in [3.05, 3.63) is 129 Å². The molecule has 35 heavy (non-hydrogen) atoms. The van der Waals surface area contributed by atoms with Crippen molar-refractivity contribution in [3.8, 4) is 11.5 Å². The van der Waals surface area contributed by atoms with E-state index in [1.165, 1.54) is 0 Å². The van der Waals surface area contributed by atoms with E-state index in [1.807, 2.05) is 72.8 Å². The molecule has 0 unspecified atom stereocenters. The number of halogens is 2. The summed E-state index contributed by atoms with van der Waals surface area (Å²) in [5, 5.41) is 5.43. The van der Waals surface area contributed by atoms with Crippen LogP contribution in [0.4, 0.5) is 0 Å². The van der Waals surface area contributed by atoms with E-state index in [4.69, 9.17) is 32.7 Å². The molecule has 4 aromatic rings. The number of amides is 1. The molecule has 0 aliphatic carbocycles. The quantitative estimate of drug-likeness (QED) is 0.199. The lowest BCUT2D eigenvalue weighted by Gasteiger charge is -2.07. The van der Waals surface area contributed by atoms with Crippen LogP contribution in [0.25, 0.3) is 0 Å². The molecular formula is C28H22Cl2N2O3. The molecule has 4 rings (SSSR count). The van der Waals surface area contributed by atoms with Crippen LogP contribution in [0.15, 0.2) is 102 Å². The third kappa shape index (κ3) is 7.60. The molecule has 0 atom stereocenters. The molecule has 0 aromatic heterocycles. The van der Waals surface area contributed by atoms with Crippen molar-refractivity contribution in [2.45, 2.75) is 13.2 Å². The fourth-order valence-electron chi connectivity index (χ4n) is 3.11. The molecule has 0 aliphatic heterocycles. The van der Waals surface area contributed by atoms with Crippen LogP contribution in [-0.2, 0) is 13.2 Å². The summed E-state index contributed by atoms with van der Waals surface area (Å²) < 4.78 is 11.6. The summed E-state index contributed by atoms with van der Waals surface area (Å²) >= 11 is 11.8. The molecule has 7 heteroatoms. The molecule has 1 amide bonds. The minimum atomic E-state index is -0.319. The molecule has 0 spiro atoms. The number of ether oxygens (including phenoxy) is 2. The van der Waals surface area contributed by atoms with Crippen molar-refractivity contribution in [2.24, 2.45) is 5.10 Å². The first-order valence-electron chi connectivity index (χ1n) is 10.8. The van der Waals surface area contributed by atoms with Crippen molar-refractivity contribution in [2.75, 3.05) is 0 Å². The number of rotatable bonds is 9. The number of hydrogen-bond donors (Lipinski definition) is 1. The highest BCUT2D eigenvalue weighted by molar-refractivity contribution is 6.30. The molecule has 0 heterocycles. The van der Waals surface area contributed by atoms with Gasteiger partial charge in [-0.25, -0.2) is 5.43 Å². The molecule has 0 fully saturated rings. The van der Waals surface area contributed by atoms with Crippen LogP contribution >= 0.6 is 23.2 Å². The first-order chi connectivity index (χ1) is 17.0. The second kappa shape index (κ2) is 12.1. The summed E-state index contributed by atoms with van der Waals surface area (Å²) in [6, 6.07) is 29.3. The average molecular weight is 505 g/mol. The fraction of sp³-hybridized carbons (Fsp3) is 0.0714. The summed E-state index contributed by atoms with van der Waals surface area (Å²) in [5.41, 5.74) is 5.83. The molecule has 4 aromatic carbocycles. The van der Waals surface area contributed by atoms with Gasteiger partial charge in [-0.3, -0.25) is 4.79 Å². The van der Waals surface area contributed by atoms with Crippen LogP contribution < -0.4 is 14.9 Å². The van der Waals surface area contributed by atoms with E-state index in [0.29, 0.717) is 40.3 Å². The summed E-state index contributed by atoms with van der Waals surface area (Å²) in [5.74, 6) is 1.04. The first-order valence-corrected chi connectivity index (χ1v) is 11.6. The summed E-state index contributed by atoms with van der Waals surface area (Å²) in [6.45, 7) is 0.837. The number of benzene rings is 4. The number of hydrogen-bond acceptors (Lipinski definition) is 4. The molecule has 0 radical (unpaired) electrons. The standard InChI is InChI=1S/C28H22Cl2N2O3/c29-24-10-4-20(5-11-24)18-34-26-14-8-23(9-15-26)28(33)32-31-17-22-2-1-3-27(16-22)35-19-21-6-12-25(30)13-7-21/h1-17H,18-19H2,(H,32,33)/b31-17-. The molecular weight excluding hydrogens is 483 g/mol. The lowest BCUT2D eigenvalue weighted by atomic mass is 10.2. The van der Waals surface area contributed by atoms with Crippen LogP contribution in [0.3, 0.4) is 0 Å². The van der Waals surface area contributed by atoms with Gasteiger partial charge in [0.25, 0.3) is 5.91 Å². The lowest BCUT2D eigenvalue weighted by Crippen LogP contribution is -2.17. The predicted molar refractivity (Wildman–Crippen MR) is 140 cm³/mol. The van der Waals surface area contributed by atoms with Crippen LogP contribution in [0.5, 0.6) is 11.5 Å². The zero-order valence-electron chi connectivity index (χ0n) is 18.7. The summed E-state index contributed by atoms with van der Waals surface area (Å²) in [4.78, 5) is 12.4. The van der Waals surface area contributed by atoms with Gasteiger partial charge in [0.15, 0.2) is 0 Å². The maximum Gasteiger partial charge on any atom is 0.271 e. The average Bonchev–Trinajstić information content (AvgIpc) is 2.88. The van der Waals surface area contributed by atoms with E-state index in [1.54, 1.807) is 30.5 Å². The number of carbonyl (C=O) groups excluding carboxylic acids is 1. The van der Waals surface area contributed by atoms with Gasteiger partial charge in [-0.1, -0.05) is 59.6 Å². The zero-order chi connectivity index (χ0) is 24.5. The predicted octanol–water partition coefficient (Wildman–Crippen LogP) is 6.92. The summed E-state index contributed by atoms with van der Waals surface area (Å²) in [7, 11) is 0. The Labute approximate surface area is 213 Å². The highest BCUT2D eigenvalue weighted by Crippen LogP contribution is 2.17. The van der Waals surface area contributed by atoms with Crippen molar-refractivity contribution >= 4 is 35.3 Å². The molecule has 1 N–H and O–H groups in total. The zero-order valence-corrected chi connectivity index (χ0v) is 20.2. The SMILES string of the molecule is O=C(N/N=C\c1cccc(OCc2ccc(Cl)cc2)c1)c1ccc(OCc2ccc(Cl)cc2)cc1. The Bertz CT molecular complexity index is 1290. The van der Waals surface area contributed by atoms with E-state index in [2.05, 4.69) is 10.5 Å². The second-order valence-electron chi connectivity index (χ2n) is 7.63. The van der Waals surface area contributed by atoms with Crippen LogP contribution in [-0.4, -0.2) is 12.1 Å². The van der Waals surface area contributed by atoms with Gasteiger partial charge in [-0.05, 0) is 77.4 Å². The Morgan fingerprint density at radius 2 is 1.31 bits per heavy atom. The number of hydrazone groups is 1. The Morgan fingerprint density at radius 1 is 0.743 bits per heavy atom. The van der Waals surface area contributed by atoms with Gasteiger partial charge >= 0.3 is 0 Å². The third-order valence-electron chi connectivity index (χ3n) is 4.99. The molecule has 0 saturated heterocycles. The molecule has 5 nitrogen and oxygen atoms in total. The normalized spacial score (nSPS) is 10.8. The number of nitrogens with zero attached hydrogens (tertiary/aromatic N) is 1. The van der Waals surface area contributed by atoms with Crippen LogP contribution in [0.1, 0.15) is 27.0 Å². The fourth-order valence-corrected chi connectivity index (χ4v) is 3.36. The van der Waals surface area contributed by atoms with E-state index < -0.39 is 0 Å². The van der Waals surface area contributed by atoms with Gasteiger partial charge in [0.1, 0.15) is 24.7 Å². The first kappa shape index (κ1) is 24.3. The molecule has 176 valence electrons. The van der Waals surface area contributed by atoms with Gasteiger partial charge in [0.05, 0.1) is 6.21 Å². The molecule has 0 saturated carbocycles. The van der Waals surface area contributed by atoms with Gasteiger partial charge < -0.3 is 9.47 Å². The number of carbonyl (C=O) groups is 1. The highest BCUT2D eigenvalue weighted by Gasteiger charge is 2.05. The van der Waals surface area contributed by atoms with Gasteiger partial charge in [0, 0.05) is 15.6 Å². The van der Waals surface area contributed by atoms with Crippen molar-refractivity contribution in [3.63, 3.8) is 0 Å². The van der Waals surface area contributed by atoms with Gasteiger partial charge in [-0.15, -0.1) is 0 Å². The van der Waals surface area contributed by atoms with E-state index >= 15 is 0 Å². The second-order valence-corrected chi connectivity index (χ2v) is 8.50. The van der Waals surface area contributed by atoms with Gasteiger partial charge in [-0.2, -0.15) is 5.10 Å². The Balaban J connectivity index is 1.26. The largest absolute Gasteiger partial charge is 0.489 e. The maximum absolute atomic E-state index is 12.4. The minimum Gasteiger partial charge on any atom is -0.489 e.